The Labute approximate surface area is 119 Å². The third-order valence-electron chi connectivity index (χ3n) is 2.98. The molecular formula is C13H13N3O5. The Kier molecular flexibility index (Phi) is 3.99. The molecular weight excluding hydrogens is 278 g/mol. The van der Waals surface area contributed by atoms with Crippen LogP contribution in [-0.2, 0) is 13.0 Å². The van der Waals surface area contributed by atoms with E-state index in [1.807, 2.05) is 6.92 Å². The Morgan fingerprint density at radius 2 is 1.71 bits per heavy atom. The van der Waals surface area contributed by atoms with Crippen molar-refractivity contribution in [2.24, 2.45) is 0 Å². The lowest BCUT2D eigenvalue weighted by atomic mass is 10.1. The summed E-state index contributed by atoms with van der Waals surface area (Å²) < 4.78 is 1.34. The lowest BCUT2D eigenvalue weighted by Crippen LogP contribution is -2.08. The molecule has 0 amide bonds. The molecule has 1 aromatic heterocycles. The van der Waals surface area contributed by atoms with Gasteiger partial charge in [0.15, 0.2) is 0 Å². The van der Waals surface area contributed by atoms with E-state index in [9.17, 15) is 14.7 Å². The number of carboxylic acid groups (broad SMARTS) is 2. The zero-order chi connectivity index (χ0) is 15.6. The molecule has 1 aromatic carbocycles. The molecule has 0 fully saturated rings. The highest BCUT2D eigenvalue weighted by atomic mass is 16.4. The maximum absolute atomic E-state index is 11.1. The predicted molar refractivity (Wildman–Crippen MR) is 70.6 cm³/mol. The highest BCUT2D eigenvalue weighted by molar-refractivity contribution is 5.94. The van der Waals surface area contributed by atoms with Crippen molar-refractivity contribution in [1.82, 2.24) is 15.0 Å². The molecule has 8 nitrogen and oxygen atoms in total. The van der Waals surface area contributed by atoms with Gasteiger partial charge in [-0.05, 0) is 24.6 Å². The second-order valence-electron chi connectivity index (χ2n) is 4.29. The van der Waals surface area contributed by atoms with Crippen molar-refractivity contribution >= 4 is 11.9 Å². The van der Waals surface area contributed by atoms with Gasteiger partial charge in [0.25, 0.3) is 0 Å². The van der Waals surface area contributed by atoms with E-state index in [1.54, 1.807) is 0 Å². The number of aromatic carboxylic acids is 2. The number of benzene rings is 1. The van der Waals surface area contributed by atoms with Gasteiger partial charge in [-0.1, -0.05) is 12.1 Å². The van der Waals surface area contributed by atoms with Gasteiger partial charge in [-0.3, -0.25) is 0 Å². The number of aliphatic hydroxyl groups excluding tert-OH is 1. The van der Waals surface area contributed by atoms with E-state index in [4.69, 9.17) is 10.2 Å². The van der Waals surface area contributed by atoms with Crippen molar-refractivity contribution in [3.8, 4) is 5.69 Å². The Morgan fingerprint density at radius 1 is 1.14 bits per heavy atom. The van der Waals surface area contributed by atoms with Gasteiger partial charge in [-0.25, -0.2) is 14.3 Å². The van der Waals surface area contributed by atoms with Crippen LogP contribution in [0, 0.1) is 0 Å². The van der Waals surface area contributed by atoms with Crippen molar-refractivity contribution in [1.29, 1.82) is 0 Å². The predicted octanol–water partition coefficient (Wildman–Crippen LogP) is 0.718. The summed E-state index contributed by atoms with van der Waals surface area (Å²) in [6.45, 7) is 1.53. The van der Waals surface area contributed by atoms with Crippen LogP contribution >= 0.6 is 0 Å². The average Bonchev–Trinajstić information content (AvgIpc) is 2.89. The Hall–Kier alpha value is -2.74. The van der Waals surface area contributed by atoms with E-state index in [0.717, 1.165) is 6.07 Å². The van der Waals surface area contributed by atoms with Gasteiger partial charge in [-0.15, -0.1) is 5.10 Å². The number of aliphatic hydroxyl groups is 1. The zero-order valence-corrected chi connectivity index (χ0v) is 11.1. The number of rotatable bonds is 5. The quantitative estimate of drug-likeness (QED) is 0.740. The maximum Gasteiger partial charge on any atom is 0.335 e. The number of nitrogens with zero attached hydrogens (tertiary/aromatic N) is 3. The van der Waals surface area contributed by atoms with Crippen molar-refractivity contribution in [2.75, 3.05) is 0 Å². The third kappa shape index (κ3) is 2.75. The summed E-state index contributed by atoms with van der Waals surface area (Å²) in [6.07, 6.45) is 0.503. The lowest BCUT2D eigenvalue weighted by molar-refractivity contribution is 0.0696. The largest absolute Gasteiger partial charge is 0.478 e. The fourth-order valence-corrected chi connectivity index (χ4v) is 2.00. The van der Waals surface area contributed by atoms with Crippen LogP contribution < -0.4 is 0 Å². The summed E-state index contributed by atoms with van der Waals surface area (Å²) in [6, 6.07) is 3.69. The van der Waals surface area contributed by atoms with Crippen LogP contribution in [-0.4, -0.2) is 42.3 Å². The van der Waals surface area contributed by atoms with Crippen LogP contribution in [0.15, 0.2) is 18.2 Å². The molecule has 3 N–H and O–H groups in total. The minimum Gasteiger partial charge on any atom is -0.478 e. The molecule has 0 unspecified atom stereocenters. The molecule has 0 aliphatic rings. The molecule has 21 heavy (non-hydrogen) atoms. The van der Waals surface area contributed by atoms with Crippen molar-refractivity contribution in [3.05, 3.63) is 40.7 Å². The highest BCUT2D eigenvalue weighted by Crippen LogP contribution is 2.18. The molecule has 0 aliphatic carbocycles. The topological polar surface area (TPSA) is 126 Å². The molecule has 0 aliphatic heterocycles. The summed E-state index contributed by atoms with van der Waals surface area (Å²) in [4.78, 5) is 22.2. The van der Waals surface area contributed by atoms with E-state index in [1.165, 1.54) is 16.8 Å². The molecule has 1 heterocycles. The molecule has 0 saturated heterocycles. The molecule has 0 saturated carbocycles. The molecule has 0 spiro atoms. The van der Waals surface area contributed by atoms with Gasteiger partial charge in [-0.2, -0.15) is 0 Å². The smallest absolute Gasteiger partial charge is 0.335 e. The SMILES string of the molecule is CCc1c(CO)nnn1-c1cc(C(=O)O)cc(C(=O)O)c1. The Bertz CT molecular complexity index is 676. The van der Waals surface area contributed by atoms with Crippen LogP contribution in [0.4, 0.5) is 0 Å². The van der Waals surface area contributed by atoms with E-state index in [0.29, 0.717) is 17.8 Å². The molecule has 8 heteroatoms. The number of aromatic nitrogens is 3. The first-order valence-corrected chi connectivity index (χ1v) is 6.14. The first-order chi connectivity index (χ1) is 9.97. The van der Waals surface area contributed by atoms with Gasteiger partial charge in [0.1, 0.15) is 5.69 Å². The van der Waals surface area contributed by atoms with Gasteiger partial charge in [0, 0.05) is 0 Å². The van der Waals surface area contributed by atoms with Crippen molar-refractivity contribution in [2.45, 2.75) is 20.0 Å². The second-order valence-corrected chi connectivity index (χ2v) is 4.29. The van der Waals surface area contributed by atoms with Crippen LogP contribution in [0.25, 0.3) is 5.69 Å². The molecule has 2 aromatic rings. The standard InChI is InChI=1S/C13H13N3O5/c1-2-11-10(6-17)14-15-16(11)9-4-7(12(18)19)3-8(5-9)13(20)21/h3-5,17H,2,6H2,1H3,(H,18,19)(H,20,21). The summed E-state index contributed by atoms with van der Waals surface area (Å²) in [5.41, 5.74) is 0.920. The van der Waals surface area contributed by atoms with E-state index < -0.39 is 11.9 Å². The van der Waals surface area contributed by atoms with Gasteiger partial charge in [0.05, 0.1) is 29.1 Å². The molecule has 110 valence electrons. The molecule has 0 atom stereocenters. The van der Waals surface area contributed by atoms with Crippen LogP contribution in [0.1, 0.15) is 39.0 Å². The monoisotopic (exact) mass is 291 g/mol. The summed E-state index contributed by atoms with van der Waals surface area (Å²) in [5, 5.41) is 35.0. The van der Waals surface area contributed by atoms with Crippen molar-refractivity contribution < 1.29 is 24.9 Å². The van der Waals surface area contributed by atoms with Gasteiger partial charge >= 0.3 is 11.9 Å². The second kappa shape index (κ2) is 5.71. The fraction of sp³-hybridized carbons (Fsp3) is 0.231. The van der Waals surface area contributed by atoms with Crippen LogP contribution in [0.5, 0.6) is 0 Å². The molecule has 0 radical (unpaired) electrons. The molecule has 2 rings (SSSR count). The fourth-order valence-electron chi connectivity index (χ4n) is 2.00. The first-order valence-electron chi connectivity index (χ1n) is 6.14. The molecule has 0 bridgehead atoms. The number of carboxylic acids is 2. The zero-order valence-electron chi connectivity index (χ0n) is 11.1. The third-order valence-corrected chi connectivity index (χ3v) is 2.98. The summed E-state index contributed by atoms with van der Waals surface area (Å²) in [5.74, 6) is -2.47. The van der Waals surface area contributed by atoms with Crippen LogP contribution in [0.3, 0.4) is 0 Å². The minimum absolute atomic E-state index is 0.159. The number of carbonyl (C=O) groups is 2. The van der Waals surface area contributed by atoms with Crippen molar-refractivity contribution in [3.63, 3.8) is 0 Å². The van der Waals surface area contributed by atoms with Gasteiger partial charge in [0.2, 0.25) is 0 Å². The van der Waals surface area contributed by atoms with Gasteiger partial charge < -0.3 is 15.3 Å². The maximum atomic E-state index is 11.1. The normalized spacial score (nSPS) is 10.6. The van der Waals surface area contributed by atoms with E-state index >= 15 is 0 Å². The number of hydrogen-bond donors (Lipinski definition) is 3. The lowest BCUT2D eigenvalue weighted by Gasteiger charge is -2.08. The highest BCUT2D eigenvalue weighted by Gasteiger charge is 2.16. The Balaban J connectivity index is 2.65. The summed E-state index contributed by atoms with van der Waals surface area (Å²) >= 11 is 0. The number of hydrogen-bond acceptors (Lipinski definition) is 5. The Morgan fingerprint density at radius 3 is 2.14 bits per heavy atom. The minimum atomic E-state index is -1.24. The summed E-state index contributed by atoms with van der Waals surface area (Å²) in [7, 11) is 0. The average molecular weight is 291 g/mol. The van der Waals surface area contributed by atoms with E-state index in [-0.39, 0.29) is 23.4 Å². The first kappa shape index (κ1) is 14.7. The van der Waals surface area contributed by atoms with E-state index in [2.05, 4.69) is 10.3 Å². The van der Waals surface area contributed by atoms with Crippen LogP contribution in [0.2, 0.25) is 0 Å².